The topological polar surface area (TPSA) is 122 Å². The summed E-state index contributed by atoms with van der Waals surface area (Å²) >= 11 is 0. The van der Waals surface area contributed by atoms with Crippen LogP contribution in [0.4, 0.5) is 0 Å². The summed E-state index contributed by atoms with van der Waals surface area (Å²) in [7, 11) is 0. The molecular formula is C24H37N3O5. The summed E-state index contributed by atoms with van der Waals surface area (Å²) in [6.07, 6.45) is 3.96. The molecule has 3 saturated carbocycles. The molecule has 0 bridgehead atoms. The standard InChI is InChI=1S/C24H37N3O5/c1-14-22(32-16(3)29)11-21-19(12-26-27-25)20(7-9-23(14,21)4)24(5)8-6-18(30)10-17(24)13-31-15(2)28/h17-22,30H,1,6-13H2,2-5H3/t17-,18+,19-,20+,21+,22+,23-,24+/m1/s1. The number of hydrogen-bond acceptors (Lipinski definition) is 6. The van der Waals surface area contributed by atoms with E-state index in [-0.39, 0.29) is 52.5 Å². The zero-order valence-electron chi connectivity index (χ0n) is 19.7. The van der Waals surface area contributed by atoms with Crippen molar-refractivity contribution in [1.82, 2.24) is 0 Å². The number of rotatable bonds is 6. The lowest BCUT2D eigenvalue weighted by Crippen LogP contribution is -2.52. The van der Waals surface area contributed by atoms with Crippen molar-refractivity contribution in [2.75, 3.05) is 13.2 Å². The molecule has 0 radical (unpaired) electrons. The van der Waals surface area contributed by atoms with E-state index in [1.54, 1.807) is 0 Å². The molecule has 0 aromatic heterocycles. The number of esters is 2. The number of fused-ring (bicyclic) bond motifs is 1. The number of azide groups is 1. The van der Waals surface area contributed by atoms with Gasteiger partial charge in [-0.05, 0) is 78.2 Å². The van der Waals surface area contributed by atoms with Crippen molar-refractivity contribution in [3.63, 3.8) is 0 Å². The van der Waals surface area contributed by atoms with Crippen LogP contribution in [0.1, 0.15) is 66.2 Å². The van der Waals surface area contributed by atoms with Crippen LogP contribution in [0.2, 0.25) is 0 Å². The SMILES string of the molecule is C=C1[C@@H](OC(C)=O)C[C@H]2[C@H](CN=[N+]=[N-])[C@@H]([C@@]3(C)CC[C@H](O)C[C@@H]3COC(C)=O)CC[C@]12C. The Bertz CT molecular complexity index is 809. The van der Waals surface area contributed by atoms with Gasteiger partial charge >= 0.3 is 11.9 Å². The first-order chi connectivity index (χ1) is 15.0. The Hall–Kier alpha value is -2.05. The van der Waals surface area contributed by atoms with Gasteiger partial charge in [0.05, 0.1) is 12.7 Å². The average molecular weight is 448 g/mol. The fourth-order valence-electron chi connectivity index (χ4n) is 7.07. The summed E-state index contributed by atoms with van der Waals surface area (Å²) in [5.74, 6) is -0.0690. The quantitative estimate of drug-likeness (QED) is 0.210. The van der Waals surface area contributed by atoms with Crippen molar-refractivity contribution in [3.8, 4) is 0 Å². The van der Waals surface area contributed by atoms with Gasteiger partial charge < -0.3 is 14.6 Å². The summed E-state index contributed by atoms with van der Waals surface area (Å²) in [4.78, 5) is 26.3. The van der Waals surface area contributed by atoms with E-state index in [2.05, 4.69) is 30.5 Å². The van der Waals surface area contributed by atoms with Crippen LogP contribution in [0.3, 0.4) is 0 Å². The second kappa shape index (κ2) is 9.44. The minimum atomic E-state index is -0.396. The third-order valence-electron chi connectivity index (χ3n) is 8.92. The van der Waals surface area contributed by atoms with E-state index in [9.17, 15) is 14.7 Å². The van der Waals surface area contributed by atoms with Crippen LogP contribution in [-0.2, 0) is 19.1 Å². The van der Waals surface area contributed by atoms with Gasteiger partial charge in [-0.3, -0.25) is 9.59 Å². The first-order valence-electron chi connectivity index (χ1n) is 11.7. The summed E-state index contributed by atoms with van der Waals surface area (Å²) in [5, 5.41) is 14.4. The van der Waals surface area contributed by atoms with Gasteiger partial charge in [0.1, 0.15) is 6.10 Å². The number of nitrogens with zero attached hydrogens (tertiary/aromatic N) is 3. The predicted molar refractivity (Wildman–Crippen MR) is 119 cm³/mol. The zero-order chi connectivity index (χ0) is 23.7. The molecule has 0 heterocycles. The van der Waals surface area contributed by atoms with Crippen LogP contribution in [0, 0.1) is 34.5 Å². The second-order valence-electron chi connectivity index (χ2n) is 10.5. The second-order valence-corrected chi connectivity index (χ2v) is 10.5. The highest BCUT2D eigenvalue weighted by atomic mass is 16.5. The van der Waals surface area contributed by atoms with Gasteiger partial charge in [-0.1, -0.05) is 25.5 Å². The maximum Gasteiger partial charge on any atom is 0.303 e. The van der Waals surface area contributed by atoms with E-state index in [4.69, 9.17) is 15.0 Å². The van der Waals surface area contributed by atoms with Crippen LogP contribution >= 0.6 is 0 Å². The van der Waals surface area contributed by atoms with Crippen LogP contribution in [0.15, 0.2) is 17.3 Å². The molecule has 178 valence electrons. The Morgan fingerprint density at radius 2 is 1.91 bits per heavy atom. The van der Waals surface area contributed by atoms with Gasteiger partial charge in [0.25, 0.3) is 0 Å². The highest BCUT2D eigenvalue weighted by Crippen LogP contribution is 2.64. The highest BCUT2D eigenvalue weighted by molar-refractivity contribution is 5.66. The number of carbonyl (C=O) groups excluding carboxylic acids is 2. The van der Waals surface area contributed by atoms with E-state index in [1.807, 2.05) is 0 Å². The molecule has 0 aromatic rings. The molecule has 0 spiro atoms. The van der Waals surface area contributed by atoms with Gasteiger partial charge in [0, 0.05) is 31.2 Å². The van der Waals surface area contributed by atoms with Gasteiger partial charge in [-0.25, -0.2) is 0 Å². The molecule has 1 N–H and O–H groups in total. The normalized spacial score (nSPS) is 41.3. The van der Waals surface area contributed by atoms with E-state index in [1.165, 1.54) is 13.8 Å². The van der Waals surface area contributed by atoms with E-state index in [0.717, 1.165) is 24.8 Å². The summed E-state index contributed by atoms with van der Waals surface area (Å²) in [6.45, 7) is 12.3. The van der Waals surface area contributed by atoms with Crippen molar-refractivity contribution in [1.29, 1.82) is 0 Å². The van der Waals surface area contributed by atoms with Crippen LogP contribution in [-0.4, -0.2) is 42.4 Å². The maximum absolute atomic E-state index is 11.7. The fourth-order valence-corrected chi connectivity index (χ4v) is 7.07. The molecule has 0 amide bonds. The summed E-state index contributed by atoms with van der Waals surface area (Å²) in [6, 6.07) is 0. The molecule has 3 aliphatic rings. The van der Waals surface area contributed by atoms with Crippen LogP contribution in [0.25, 0.3) is 10.4 Å². The smallest absolute Gasteiger partial charge is 0.303 e. The minimum absolute atomic E-state index is 0.0342. The van der Waals surface area contributed by atoms with Gasteiger partial charge in [-0.15, -0.1) is 0 Å². The van der Waals surface area contributed by atoms with Gasteiger partial charge in [-0.2, -0.15) is 0 Å². The average Bonchev–Trinajstić information content (AvgIpc) is 2.97. The minimum Gasteiger partial charge on any atom is -0.466 e. The summed E-state index contributed by atoms with van der Waals surface area (Å²) in [5.41, 5.74) is 9.72. The molecule has 3 fully saturated rings. The lowest BCUT2D eigenvalue weighted by molar-refractivity contribution is -0.150. The molecular weight excluding hydrogens is 410 g/mol. The number of carbonyl (C=O) groups is 2. The molecule has 3 aliphatic carbocycles. The lowest BCUT2D eigenvalue weighted by atomic mass is 9.49. The third-order valence-corrected chi connectivity index (χ3v) is 8.92. The molecule has 0 aromatic carbocycles. The molecule has 8 atom stereocenters. The molecule has 0 saturated heterocycles. The Balaban J connectivity index is 1.94. The number of hydrogen-bond donors (Lipinski definition) is 1. The Labute approximate surface area is 190 Å². The number of aliphatic hydroxyl groups excluding tert-OH is 1. The maximum atomic E-state index is 11.7. The van der Waals surface area contributed by atoms with Crippen LogP contribution in [0.5, 0.6) is 0 Å². The Kier molecular flexibility index (Phi) is 7.25. The Morgan fingerprint density at radius 1 is 1.19 bits per heavy atom. The molecule has 32 heavy (non-hydrogen) atoms. The molecule has 0 aliphatic heterocycles. The van der Waals surface area contributed by atoms with Crippen molar-refractivity contribution in [2.24, 2.45) is 39.6 Å². The van der Waals surface area contributed by atoms with Gasteiger partial charge in [0.2, 0.25) is 0 Å². The van der Waals surface area contributed by atoms with Crippen LogP contribution < -0.4 is 0 Å². The van der Waals surface area contributed by atoms with E-state index in [0.29, 0.717) is 32.4 Å². The van der Waals surface area contributed by atoms with Crippen molar-refractivity contribution >= 4 is 11.9 Å². The van der Waals surface area contributed by atoms with E-state index < -0.39 is 6.10 Å². The third kappa shape index (κ3) is 4.53. The predicted octanol–water partition coefficient (Wildman–Crippen LogP) is 4.57. The van der Waals surface area contributed by atoms with Crippen molar-refractivity contribution in [2.45, 2.75) is 78.4 Å². The lowest BCUT2D eigenvalue weighted by Gasteiger charge is -2.56. The van der Waals surface area contributed by atoms with Gasteiger partial charge in [0.15, 0.2) is 0 Å². The Morgan fingerprint density at radius 3 is 2.53 bits per heavy atom. The summed E-state index contributed by atoms with van der Waals surface area (Å²) < 4.78 is 11.0. The molecule has 0 unspecified atom stereocenters. The fraction of sp³-hybridized carbons (Fsp3) is 0.833. The number of ether oxygens (including phenoxy) is 2. The first-order valence-corrected chi connectivity index (χ1v) is 11.7. The molecule has 8 nitrogen and oxygen atoms in total. The van der Waals surface area contributed by atoms with Crippen molar-refractivity contribution < 1.29 is 24.2 Å². The largest absolute Gasteiger partial charge is 0.466 e. The van der Waals surface area contributed by atoms with Crippen molar-refractivity contribution in [3.05, 3.63) is 22.6 Å². The highest BCUT2D eigenvalue weighted by Gasteiger charge is 2.59. The zero-order valence-corrected chi connectivity index (χ0v) is 19.7. The monoisotopic (exact) mass is 447 g/mol. The van der Waals surface area contributed by atoms with E-state index >= 15 is 0 Å². The number of aliphatic hydroxyl groups is 1. The molecule has 3 rings (SSSR count). The molecule has 8 heteroatoms. The first kappa shape index (κ1) is 24.6.